The number of rotatable bonds is 5. The van der Waals surface area contributed by atoms with E-state index in [-0.39, 0.29) is 18.9 Å². The Bertz CT molecular complexity index is 646. The minimum atomic E-state index is -2.58. The second-order valence-electron chi connectivity index (χ2n) is 7.18. The fraction of sp³-hybridized carbons (Fsp3) is 0.632. The van der Waals surface area contributed by atoms with Crippen LogP contribution in [-0.2, 0) is 4.74 Å². The SMILES string of the molecule is COC(=O)c1cc(C2CC2)c(N2CCC(F)(F)CC2)cc1OC(C)C. The van der Waals surface area contributed by atoms with Crippen molar-refractivity contribution < 1.29 is 23.0 Å². The summed E-state index contributed by atoms with van der Waals surface area (Å²) in [6.45, 7) is 4.39. The highest BCUT2D eigenvalue weighted by atomic mass is 19.3. The second kappa shape index (κ2) is 6.81. The largest absolute Gasteiger partial charge is 0.490 e. The number of anilines is 1. The van der Waals surface area contributed by atoms with E-state index in [1.807, 2.05) is 30.9 Å². The van der Waals surface area contributed by atoms with E-state index in [0.717, 1.165) is 24.1 Å². The standard InChI is InChI=1S/C19H25F2NO3/c1-12(2)25-17-11-16(22-8-6-19(20,21)7-9-22)14(13-4-5-13)10-15(17)18(23)24-3/h10-13H,4-9H2,1-3H3. The summed E-state index contributed by atoms with van der Waals surface area (Å²) >= 11 is 0. The molecule has 6 heteroatoms. The van der Waals surface area contributed by atoms with Gasteiger partial charge in [0.1, 0.15) is 11.3 Å². The Morgan fingerprint density at radius 2 is 1.88 bits per heavy atom. The Kier molecular flexibility index (Phi) is 4.89. The van der Waals surface area contributed by atoms with Crippen molar-refractivity contribution in [1.29, 1.82) is 0 Å². The number of piperidine rings is 1. The third-order valence-corrected chi connectivity index (χ3v) is 4.75. The predicted octanol–water partition coefficient (Wildman–Crippen LogP) is 4.37. The van der Waals surface area contributed by atoms with Crippen LogP contribution in [0.15, 0.2) is 12.1 Å². The summed E-state index contributed by atoms with van der Waals surface area (Å²) in [5.41, 5.74) is 2.37. The maximum atomic E-state index is 13.5. The number of benzene rings is 1. The van der Waals surface area contributed by atoms with Crippen molar-refractivity contribution in [2.75, 3.05) is 25.1 Å². The number of hydrogen-bond acceptors (Lipinski definition) is 4. The molecule has 0 radical (unpaired) electrons. The first kappa shape index (κ1) is 18.0. The minimum Gasteiger partial charge on any atom is -0.490 e. The number of halogens is 2. The van der Waals surface area contributed by atoms with Crippen LogP contribution in [0.1, 0.15) is 61.4 Å². The van der Waals surface area contributed by atoms with Crippen molar-refractivity contribution in [3.05, 3.63) is 23.3 Å². The van der Waals surface area contributed by atoms with Crippen LogP contribution in [0.5, 0.6) is 5.75 Å². The lowest BCUT2D eigenvalue weighted by Gasteiger charge is -2.35. The van der Waals surface area contributed by atoms with Gasteiger partial charge in [-0.15, -0.1) is 0 Å². The van der Waals surface area contributed by atoms with Gasteiger partial charge in [0, 0.05) is 37.7 Å². The third-order valence-electron chi connectivity index (χ3n) is 4.75. The highest BCUT2D eigenvalue weighted by Gasteiger charge is 2.37. The molecule has 0 amide bonds. The Balaban J connectivity index is 1.99. The van der Waals surface area contributed by atoms with E-state index in [2.05, 4.69) is 0 Å². The maximum absolute atomic E-state index is 13.5. The molecular weight excluding hydrogens is 328 g/mol. The van der Waals surface area contributed by atoms with E-state index in [1.54, 1.807) is 0 Å². The van der Waals surface area contributed by atoms with Crippen molar-refractivity contribution in [3.63, 3.8) is 0 Å². The second-order valence-corrected chi connectivity index (χ2v) is 7.18. The first-order valence-corrected chi connectivity index (χ1v) is 8.86. The van der Waals surface area contributed by atoms with Gasteiger partial charge in [0.15, 0.2) is 0 Å². The summed E-state index contributed by atoms with van der Waals surface area (Å²) in [6, 6.07) is 3.67. The summed E-state index contributed by atoms with van der Waals surface area (Å²) in [4.78, 5) is 14.2. The fourth-order valence-electron chi connectivity index (χ4n) is 3.28. The number of esters is 1. The maximum Gasteiger partial charge on any atom is 0.341 e. The van der Waals surface area contributed by atoms with Crippen LogP contribution >= 0.6 is 0 Å². The quantitative estimate of drug-likeness (QED) is 0.737. The normalized spacial score (nSPS) is 19.8. The van der Waals surface area contributed by atoms with E-state index < -0.39 is 11.9 Å². The molecule has 1 aliphatic heterocycles. The zero-order valence-electron chi connectivity index (χ0n) is 15.0. The summed E-state index contributed by atoms with van der Waals surface area (Å²) in [7, 11) is 1.35. The van der Waals surface area contributed by atoms with E-state index in [9.17, 15) is 13.6 Å². The van der Waals surface area contributed by atoms with Crippen molar-refractivity contribution in [2.45, 2.75) is 57.5 Å². The molecule has 0 spiro atoms. The molecule has 0 aromatic heterocycles. The lowest BCUT2D eigenvalue weighted by molar-refractivity contribution is -0.0220. The van der Waals surface area contributed by atoms with Crippen LogP contribution in [0.4, 0.5) is 14.5 Å². The first-order chi connectivity index (χ1) is 11.8. The number of ether oxygens (including phenoxy) is 2. The molecular formula is C19H25F2NO3. The van der Waals surface area contributed by atoms with Gasteiger partial charge in [0.2, 0.25) is 0 Å². The van der Waals surface area contributed by atoms with Gasteiger partial charge >= 0.3 is 5.97 Å². The van der Waals surface area contributed by atoms with Crippen molar-refractivity contribution in [3.8, 4) is 5.75 Å². The average molecular weight is 353 g/mol. The van der Waals surface area contributed by atoms with Crippen molar-refractivity contribution in [2.24, 2.45) is 0 Å². The van der Waals surface area contributed by atoms with E-state index >= 15 is 0 Å². The Hall–Kier alpha value is -1.85. The van der Waals surface area contributed by atoms with Crippen LogP contribution in [0, 0.1) is 0 Å². The van der Waals surface area contributed by atoms with E-state index in [1.165, 1.54) is 7.11 Å². The predicted molar refractivity (Wildman–Crippen MR) is 91.9 cm³/mol. The number of alkyl halides is 2. The van der Waals surface area contributed by atoms with Gasteiger partial charge in [-0.25, -0.2) is 13.6 Å². The lowest BCUT2D eigenvalue weighted by Crippen LogP contribution is -2.39. The lowest BCUT2D eigenvalue weighted by atomic mass is 9.99. The van der Waals surface area contributed by atoms with Gasteiger partial charge in [-0.1, -0.05) is 0 Å². The van der Waals surface area contributed by atoms with Crippen LogP contribution in [0.2, 0.25) is 0 Å². The average Bonchev–Trinajstić information content (AvgIpc) is 3.38. The molecule has 1 saturated carbocycles. The molecule has 0 N–H and O–H groups in total. The van der Waals surface area contributed by atoms with Crippen molar-refractivity contribution in [1.82, 2.24) is 0 Å². The summed E-state index contributed by atoms with van der Waals surface area (Å²) in [6.07, 6.45) is 1.73. The van der Waals surface area contributed by atoms with E-state index in [0.29, 0.717) is 30.3 Å². The molecule has 25 heavy (non-hydrogen) atoms. The minimum absolute atomic E-state index is 0.103. The Morgan fingerprint density at radius 3 is 2.40 bits per heavy atom. The van der Waals surface area contributed by atoms with Gasteiger partial charge in [0.25, 0.3) is 5.92 Å². The number of nitrogens with zero attached hydrogens (tertiary/aromatic N) is 1. The van der Waals surface area contributed by atoms with Gasteiger partial charge in [-0.05, 0) is 44.2 Å². The van der Waals surface area contributed by atoms with Crippen molar-refractivity contribution >= 4 is 11.7 Å². The van der Waals surface area contributed by atoms with Crippen LogP contribution < -0.4 is 9.64 Å². The highest BCUT2D eigenvalue weighted by Crippen LogP contribution is 2.47. The topological polar surface area (TPSA) is 38.8 Å². The third kappa shape index (κ3) is 4.05. The van der Waals surface area contributed by atoms with Gasteiger partial charge in [0.05, 0.1) is 13.2 Å². The molecule has 2 fully saturated rings. The van der Waals surface area contributed by atoms with E-state index in [4.69, 9.17) is 9.47 Å². The molecule has 0 bridgehead atoms. The zero-order chi connectivity index (χ0) is 18.2. The molecule has 4 nitrogen and oxygen atoms in total. The van der Waals surface area contributed by atoms with Gasteiger partial charge < -0.3 is 14.4 Å². The van der Waals surface area contributed by atoms with Gasteiger partial charge in [-0.2, -0.15) is 0 Å². The monoisotopic (exact) mass is 353 g/mol. The number of hydrogen-bond donors (Lipinski definition) is 0. The number of methoxy groups -OCH3 is 1. The number of carbonyl (C=O) groups is 1. The molecule has 1 aliphatic carbocycles. The summed E-state index contributed by atoms with van der Waals surface area (Å²) in [5.74, 6) is -2.18. The summed E-state index contributed by atoms with van der Waals surface area (Å²) in [5, 5.41) is 0. The molecule has 138 valence electrons. The first-order valence-electron chi connectivity index (χ1n) is 8.86. The zero-order valence-corrected chi connectivity index (χ0v) is 15.0. The molecule has 1 saturated heterocycles. The highest BCUT2D eigenvalue weighted by molar-refractivity contribution is 5.94. The molecule has 1 heterocycles. The fourth-order valence-corrected chi connectivity index (χ4v) is 3.28. The van der Waals surface area contributed by atoms with Crippen LogP contribution in [0.3, 0.4) is 0 Å². The van der Waals surface area contributed by atoms with Gasteiger partial charge in [-0.3, -0.25) is 0 Å². The Morgan fingerprint density at radius 1 is 1.24 bits per heavy atom. The smallest absolute Gasteiger partial charge is 0.341 e. The molecule has 2 aliphatic rings. The molecule has 0 unspecified atom stereocenters. The van der Waals surface area contributed by atoms with Crippen LogP contribution in [0.25, 0.3) is 0 Å². The Labute approximate surface area is 147 Å². The number of carbonyl (C=O) groups excluding carboxylic acids is 1. The molecule has 3 rings (SSSR count). The summed E-state index contributed by atoms with van der Waals surface area (Å²) < 4.78 is 37.8. The molecule has 1 aromatic carbocycles. The molecule has 0 atom stereocenters. The van der Waals surface area contributed by atoms with Crippen LogP contribution in [-0.4, -0.2) is 38.2 Å². The molecule has 1 aromatic rings.